The molecule has 0 bridgehead atoms. The molecule has 0 atom stereocenters. The van der Waals surface area contributed by atoms with Crippen LogP contribution in [-0.4, -0.2) is 17.0 Å². The highest BCUT2D eigenvalue weighted by Gasteiger charge is 2.13. The number of carbonyl (C=O) groups excluding carboxylic acids is 1. The fraction of sp³-hybridized carbons (Fsp3) is 0.150. The van der Waals surface area contributed by atoms with Gasteiger partial charge in [-0.05, 0) is 50.1 Å². The van der Waals surface area contributed by atoms with Gasteiger partial charge in [0.2, 0.25) is 0 Å². The van der Waals surface area contributed by atoms with Crippen molar-refractivity contribution in [1.82, 2.24) is 0 Å². The molecule has 0 aliphatic carbocycles. The molecule has 1 amide bonds. The predicted octanol–water partition coefficient (Wildman–Crippen LogP) is 3.77. The summed E-state index contributed by atoms with van der Waals surface area (Å²) in [5.74, 6) is -1.59. The smallest absolute Gasteiger partial charge is 0.335 e. The van der Waals surface area contributed by atoms with E-state index < -0.39 is 11.9 Å². The molecule has 0 spiro atoms. The van der Waals surface area contributed by atoms with Crippen LogP contribution in [0.25, 0.3) is 0 Å². The van der Waals surface area contributed by atoms with Crippen molar-refractivity contribution in [1.29, 1.82) is 5.26 Å². The maximum Gasteiger partial charge on any atom is 0.335 e. The Labute approximate surface area is 151 Å². The first-order valence-corrected chi connectivity index (χ1v) is 7.91. The van der Waals surface area contributed by atoms with Crippen molar-refractivity contribution in [2.24, 2.45) is 0 Å². The van der Waals surface area contributed by atoms with Crippen molar-refractivity contribution in [3.8, 4) is 6.07 Å². The lowest BCUT2D eigenvalue weighted by Gasteiger charge is -2.12. The summed E-state index contributed by atoms with van der Waals surface area (Å²) in [4.78, 5) is 23.4. The summed E-state index contributed by atoms with van der Waals surface area (Å²) < 4.78 is 0. The van der Waals surface area contributed by atoms with Gasteiger partial charge in [-0.3, -0.25) is 4.79 Å². The maximum atomic E-state index is 12.4. The van der Waals surface area contributed by atoms with Crippen molar-refractivity contribution in [3.63, 3.8) is 0 Å². The number of carboxylic acids is 1. The Morgan fingerprint density at radius 2 is 1.77 bits per heavy atom. The number of nitrogens with zero attached hydrogens (tertiary/aromatic N) is 1. The predicted molar refractivity (Wildman–Crippen MR) is 100 cm³/mol. The van der Waals surface area contributed by atoms with Gasteiger partial charge in [0.05, 0.1) is 5.56 Å². The number of benzene rings is 2. The zero-order chi connectivity index (χ0) is 19.3. The van der Waals surface area contributed by atoms with E-state index in [1.54, 1.807) is 12.1 Å². The molecule has 0 saturated carbocycles. The summed E-state index contributed by atoms with van der Waals surface area (Å²) in [7, 11) is 0. The van der Waals surface area contributed by atoms with E-state index in [9.17, 15) is 14.9 Å². The minimum absolute atomic E-state index is 0.109. The molecule has 26 heavy (non-hydrogen) atoms. The van der Waals surface area contributed by atoms with Crippen molar-refractivity contribution in [2.75, 3.05) is 10.6 Å². The Bertz CT molecular complexity index is 917. The largest absolute Gasteiger partial charge is 0.478 e. The molecular formula is C20H19N3O3. The molecule has 6 nitrogen and oxygen atoms in total. The molecule has 2 aromatic rings. The quantitative estimate of drug-likeness (QED) is 0.563. The number of aromatic carboxylic acids is 1. The normalized spacial score (nSPS) is 10.8. The van der Waals surface area contributed by atoms with E-state index >= 15 is 0 Å². The lowest BCUT2D eigenvalue weighted by Crippen LogP contribution is -2.16. The molecular weight excluding hydrogens is 330 g/mol. The number of aryl methyl sites for hydroxylation is 3. The van der Waals surface area contributed by atoms with Crippen molar-refractivity contribution in [3.05, 3.63) is 70.4 Å². The van der Waals surface area contributed by atoms with Crippen LogP contribution in [0.4, 0.5) is 11.4 Å². The number of anilines is 2. The van der Waals surface area contributed by atoms with Crippen LogP contribution >= 0.6 is 0 Å². The molecule has 0 radical (unpaired) electrons. The van der Waals surface area contributed by atoms with Crippen LogP contribution < -0.4 is 10.6 Å². The Morgan fingerprint density at radius 1 is 1.12 bits per heavy atom. The van der Waals surface area contributed by atoms with Gasteiger partial charge in [-0.2, -0.15) is 5.26 Å². The average Bonchev–Trinajstić information content (AvgIpc) is 2.58. The third kappa shape index (κ3) is 4.48. The summed E-state index contributed by atoms with van der Waals surface area (Å²) in [6, 6.07) is 11.8. The van der Waals surface area contributed by atoms with Gasteiger partial charge in [0, 0.05) is 17.6 Å². The van der Waals surface area contributed by atoms with E-state index in [4.69, 9.17) is 5.11 Å². The maximum absolute atomic E-state index is 12.4. The first-order chi connectivity index (χ1) is 12.3. The average molecular weight is 349 g/mol. The van der Waals surface area contributed by atoms with Crippen molar-refractivity contribution < 1.29 is 14.7 Å². The second-order valence-corrected chi connectivity index (χ2v) is 5.93. The summed E-state index contributed by atoms with van der Waals surface area (Å²) >= 11 is 0. The Hall–Kier alpha value is -3.59. The number of carboxylic acid groups (broad SMARTS) is 1. The van der Waals surface area contributed by atoms with Gasteiger partial charge >= 0.3 is 5.97 Å². The summed E-state index contributed by atoms with van der Waals surface area (Å²) in [6.45, 7) is 5.75. The summed E-state index contributed by atoms with van der Waals surface area (Å²) in [5.41, 5.74) is 4.05. The van der Waals surface area contributed by atoms with E-state index in [-0.39, 0.29) is 11.1 Å². The number of hydrogen-bond donors (Lipinski definition) is 3. The second-order valence-electron chi connectivity index (χ2n) is 5.93. The molecule has 0 aliphatic heterocycles. The minimum atomic E-state index is -1.05. The third-order valence-electron chi connectivity index (χ3n) is 3.77. The standard InChI is InChI=1S/C20H19N3O3/c1-12-7-13(2)18(14(3)8-12)23-19(24)16(10-21)11-22-17-6-4-5-15(9-17)20(25)26/h4-9,11,22H,1-3H3,(H,23,24)(H,25,26)/b16-11-. The number of nitriles is 1. The van der Waals surface area contributed by atoms with Crippen molar-refractivity contribution >= 4 is 23.3 Å². The van der Waals surface area contributed by atoms with E-state index in [0.29, 0.717) is 11.4 Å². The van der Waals surface area contributed by atoms with Gasteiger partial charge in [0.1, 0.15) is 11.6 Å². The fourth-order valence-electron chi connectivity index (χ4n) is 2.60. The number of rotatable bonds is 5. The number of hydrogen-bond acceptors (Lipinski definition) is 4. The van der Waals surface area contributed by atoms with E-state index in [0.717, 1.165) is 16.7 Å². The van der Waals surface area contributed by atoms with E-state index in [1.807, 2.05) is 39.0 Å². The summed E-state index contributed by atoms with van der Waals surface area (Å²) in [6.07, 6.45) is 1.26. The molecule has 0 aliphatic rings. The van der Waals surface area contributed by atoms with Crippen LogP contribution in [0.1, 0.15) is 27.0 Å². The molecule has 0 heterocycles. The molecule has 0 saturated heterocycles. The molecule has 132 valence electrons. The zero-order valence-electron chi connectivity index (χ0n) is 14.8. The highest BCUT2D eigenvalue weighted by atomic mass is 16.4. The highest BCUT2D eigenvalue weighted by molar-refractivity contribution is 6.07. The Morgan fingerprint density at radius 3 is 2.35 bits per heavy atom. The monoisotopic (exact) mass is 349 g/mol. The van der Waals surface area contributed by atoms with Crippen LogP contribution in [0.5, 0.6) is 0 Å². The van der Waals surface area contributed by atoms with E-state index in [2.05, 4.69) is 10.6 Å². The molecule has 3 N–H and O–H groups in total. The van der Waals surface area contributed by atoms with Crippen LogP contribution in [0.3, 0.4) is 0 Å². The van der Waals surface area contributed by atoms with Gasteiger partial charge < -0.3 is 15.7 Å². The van der Waals surface area contributed by atoms with Gasteiger partial charge in [-0.15, -0.1) is 0 Å². The Kier molecular flexibility index (Phi) is 5.76. The third-order valence-corrected chi connectivity index (χ3v) is 3.77. The zero-order valence-corrected chi connectivity index (χ0v) is 14.8. The first kappa shape index (κ1) is 18.7. The first-order valence-electron chi connectivity index (χ1n) is 7.91. The lowest BCUT2D eigenvalue weighted by molar-refractivity contribution is -0.112. The SMILES string of the molecule is Cc1cc(C)c(NC(=O)/C(C#N)=C\Nc2cccc(C(=O)O)c2)c(C)c1. The minimum Gasteiger partial charge on any atom is -0.478 e. The van der Waals surface area contributed by atoms with E-state index in [1.165, 1.54) is 18.3 Å². The number of carbonyl (C=O) groups is 2. The molecule has 0 fully saturated rings. The molecule has 0 aromatic heterocycles. The lowest BCUT2D eigenvalue weighted by atomic mass is 10.0. The van der Waals surface area contributed by atoms with Crippen LogP contribution in [0, 0.1) is 32.1 Å². The molecule has 6 heteroatoms. The van der Waals surface area contributed by atoms with Crippen molar-refractivity contribution in [2.45, 2.75) is 20.8 Å². The van der Waals surface area contributed by atoms with Gasteiger partial charge in [-0.25, -0.2) is 4.79 Å². The molecule has 0 unspecified atom stereocenters. The van der Waals surface area contributed by atoms with Gasteiger partial charge in [-0.1, -0.05) is 23.8 Å². The van der Waals surface area contributed by atoms with Crippen LogP contribution in [0.2, 0.25) is 0 Å². The summed E-state index contributed by atoms with van der Waals surface area (Å²) in [5, 5.41) is 23.8. The fourth-order valence-corrected chi connectivity index (χ4v) is 2.60. The van der Waals surface area contributed by atoms with Gasteiger partial charge in [0.15, 0.2) is 0 Å². The highest BCUT2D eigenvalue weighted by Crippen LogP contribution is 2.22. The molecule has 2 aromatic carbocycles. The Balaban J connectivity index is 2.19. The topological polar surface area (TPSA) is 102 Å². The van der Waals surface area contributed by atoms with Gasteiger partial charge in [0.25, 0.3) is 5.91 Å². The number of nitrogens with one attached hydrogen (secondary N) is 2. The number of amides is 1. The van der Waals surface area contributed by atoms with Crippen LogP contribution in [0.15, 0.2) is 48.2 Å². The van der Waals surface area contributed by atoms with Crippen LogP contribution in [-0.2, 0) is 4.79 Å². The molecule has 2 rings (SSSR count). The second kappa shape index (κ2) is 7.99.